The molecule has 0 bridgehead atoms. The molecule has 1 N–H and O–H groups in total. The van der Waals surface area contributed by atoms with E-state index in [9.17, 15) is 9.59 Å². The van der Waals surface area contributed by atoms with Crippen molar-refractivity contribution in [2.45, 2.75) is 25.5 Å². The molecule has 1 fully saturated rings. The molecule has 1 amide bonds. The summed E-state index contributed by atoms with van der Waals surface area (Å²) in [6, 6.07) is 13.9. The van der Waals surface area contributed by atoms with Gasteiger partial charge in [-0.25, -0.2) is 9.59 Å². The van der Waals surface area contributed by atoms with Crippen LogP contribution < -0.4 is 0 Å². The second kappa shape index (κ2) is 7.15. The Bertz CT molecular complexity index is 790. The number of carboxylic acid groups (broad SMARTS) is 1. The van der Waals surface area contributed by atoms with E-state index in [1.54, 1.807) is 41.3 Å². The molecule has 1 aliphatic rings. The molecule has 0 aliphatic carbocycles. The van der Waals surface area contributed by atoms with E-state index in [2.05, 4.69) is 0 Å². The van der Waals surface area contributed by atoms with Crippen LogP contribution >= 0.6 is 11.6 Å². The lowest BCUT2D eigenvalue weighted by atomic mass is 10.0. The van der Waals surface area contributed by atoms with Gasteiger partial charge in [0, 0.05) is 11.1 Å². The molecule has 0 spiro atoms. The van der Waals surface area contributed by atoms with Crippen molar-refractivity contribution in [2.24, 2.45) is 0 Å². The molecule has 2 aromatic rings. The van der Waals surface area contributed by atoms with Gasteiger partial charge >= 0.3 is 12.1 Å². The molecule has 1 heterocycles. The van der Waals surface area contributed by atoms with Gasteiger partial charge in [-0.05, 0) is 48.7 Å². The van der Waals surface area contributed by atoms with Crippen LogP contribution in [-0.2, 0) is 11.2 Å². The largest absolute Gasteiger partial charge is 0.478 e. The van der Waals surface area contributed by atoms with Crippen LogP contribution in [0.4, 0.5) is 4.79 Å². The number of carbonyl (C=O) groups excluding carboxylic acids is 1. The molecule has 2 atom stereocenters. The third kappa shape index (κ3) is 3.94. The summed E-state index contributed by atoms with van der Waals surface area (Å²) in [7, 11) is 0. The van der Waals surface area contributed by atoms with Gasteiger partial charge in [0.25, 0.3) is 0 Å². The molecule has 25 heavy (non-hydrogen) atoms. The van der Waals surface area contributed by atoms with Crippen molar-refractivity contribution < 1.29 is 19.4 Å². The van der Waals surface area contributed by atoms with Crippen molar-refractivity contribution in [2.75, 3.05) is 6.54 Å². The van der Waals surface area contributed by atoms with Crippen LogP contribution in [0.1, 0.15) is 34.5 Å². The molecule has 0 radical (unpaired) electrons. The van der Waals surface area contributed by atoms with Gasteiger partial charge in [-0.3, -0.25) is 0 Å². The first-order valence-electron chi connectivity index (χ1n) is 7.99. The number of carboxylic acids is 1. The molecular weight excluding hydrogens is 342 g/mol. The summed E-state index contributed by atoms with van der Waals surface area (Å²) in [5.41, 5.74) is 2.09. The van der Waals surface area contributed by atoms with E-state index >= 15 is 0 Å². The highest BCUT2D eigenvalue weighted by Crippen LogP contribution is 2.29. The van der Waals surface area contributed by atoms with E-state index in [0.29, 0.717) is 18.0 Å². The average molecular weight is 360 g/mol. The molecule has 2 unspecified atom stereocenters. The zero-order chi connectivity index (χ0) is 18.0. The molecule has 5 nitrogen and oxygen atoms in total. The maximum atomic E-state index is 12.2. The predicted octanol–water partition coefficient (Wildman–Crippen LogP) is 4.16. The van der Waals surface area contributed by atoms with Gasteiger partial charge in [-0.1, -0.05) is 35.9 Å². The van der Waals surface area contributed by atoms with Crippen LogP contribution in [-0.4, -0.2) is 34.7 Å². The lowest BCUT2D eigenvalue weighted by Gasteiger charge is -2.22. The summed E-state index contributed by atoms with van der Waals surface area (Å²) < 4.78 is 5.48. The molecule has 2 aromatic carbocycles. The quantitative estimate of drug-likeness (QED) is 0.870. The molecule has 3 rings (SSSR count). The molecule has 6 heteroatoms. The minimum Gasteiger partial charge on any atom is -0.478 e. The first-order valence-corrected chi connectivity index (χ1v) is 8.37. The fourth-order valence-electron chi connectivity index (χ4n) is 2.95. The minimum atomic E-state index is -0.952. The Morgan fingerprint density at radius 2 is 2.04 bits per heavy atom. The Morgan fingerprint density at radius 3 is 2.68 bits per heavy atom. The minimum absolute atomic E-state index is 0.0626. The van der Waals surface area contributed by atoms with Gasteiger partial charge in [-0.15, -0.1) is 0 Å². The van der Waals surface area contributed by atoms with Crippen LogP contribution in [0.15, 0.2) is 48.5 Å². The number of amides is 1. The molecule has 130 valence electrons. The maximum absolute atomic E-state index is 12.2. The van der Waals surface area contributed by atoms with E-state index in [4.69, 9.17) is 21.4 Å². The highest BCUT2D eigenvalue weighted by Gasteiger charge is 2.35. The Hall–Kier alpha value is -2.53. The van der Waals surface area contributed by atoms with Crippen molar-refractivity contribution >= 4 is 23.7 Å². The number of hydrogen-bond acceptors (Lipinski definition) is 3. The van der Waals surface area contributed by atoms with Gasteiger partial charge in [0.2, 0.25) is 0 Å². The number of aromatic carboxylic acids is 1. The standard InChI is InChI=1S/C19H18ClNO4/c1-12(9-13-5-7-14(8-6-13)18(22)23)21-11-17(25-19(21)24)15-3-2-4-16(20)10-15/h2-8,10,12,17H,9,11H2,1H3,(H,22,23). The number of hydrogen-bond donors (Lipinski definition) is 1. The summed E-state index contributed by atoms with van der Waals surface area (Å²) in [5.74, 6) is -0.952. The summed E-state index contributed by atoms with van der Waals surface area (Å²) in [6.45, 7) is 2.42. The number of carbonyl (C=O) groups is 2. The van der Waals surface area contributed by atoms with E-state index < -0.39 is 5.97 Å². The Balaban J connectivity index is 1.67. The molecule has 1 saturated heterocycles. The topological polar surface area (TPSA) is 66.8 Å². The number of benzene rings is 2. The van der Waals surface area contributed by atoms with E-state index in [1.165, 1.54) is 0 Å². The van der Waals surface area contributed by atoms with Crippen LogP contribution in [0.25, 0.3) is 0 Å². The highest BCUT2D eigenvalue weighted by atomic mass is 35.5. The van der Waals surface area contributed by atoms with E-state index in [1.807, 2.05) is 19.1 Å². The fraction of sp³-hybridized carbons (Fsp3) is 0.263. The van der Waals surface area contributed by atoms with Crippen molar-refractivity contribution in [3.05, 3.63) is 70.2 Å². The van der Waals surface area contributed by atoms with Gasteiger partial charge in [-0.2, -0.15) is 0 Å². The maximum Gasteiger partial charge on any atom is 0.410 e. The smallest absolute Gasteiger partial charge is 0.410 e. The van der Waals surface area contributed by atoms with Crippen molar-refractivity contribution in [1.82, 2.24) is 4.90 Å². The van der Waals surface area contributed by atoms with Crippen LogP contribution in [0.2, 0.25) is 5.02 Å². The number of rotatable bonds is 5. The van der Waals surface area contributed by atoms with Gasteiger partial charge in [0.1, 0.15) is 6.10 Å². The average Bonchev–Trinajstić information content (AvgIpc) is 2.97. The number of halogens is 1. The summed E-state index contributed by atoms with van der Waals surface area (Å²) in [5, 5.41) is 9.55. The monoisotopic (exact) mass is 359 g/mol. The second-order valence-corrected chi connectivity index (χ2v) is 6.57. The second-order valence-electron chi connectivity index (χ2n) is 6.13. The van der Waals surface area contributed by atoms with Crippen molar-refractivity contribution in [3.8, 4) is 0 Å². The summed E-state index contributed by atoms with van der Waals surface area (Å²) in [6.07, 6.45) is -0.0558. The fourth-order valence-corrected chi connectivity index (χ4v) is 3.15. The lowest BCUT2D eigenvalue weighted by Crippen LogP contribution is -2.35. The van der Waals surface area contributed by atoms with Crippen LogP contribution in [0, 0.1) is 0 Å². The Kier molecular flexibility index (Phi) is 4.95. The summed E-state index contributed by atoms with van der Waals surface area (Å²) >= 11 is 6.01. The third-order valence-electron chi connectivity index (χ3n) is 4.32. The summed E-state index contributed by atoms with van der Waals surface area (Å²) in [4.78, 5) is 24.8. The van der Waals surface area contributed by atoms with E-state index in [0.717, 1.165) is 11.1 Å². The van der Waals surface area contributed by atoms with E-state index in [-0.39, 0.29) is 23.8 Å². The Morgan fingerprint density at radius 1 is 1.32 bits per heavy atom. The number of nitrogens with zero attached hydrogens (tertiary/aromatic N) is 1. The zero-order valence-corrected chi connectivity index (χ0v) is 14.4. The SMILES string of the molecule is CC(Cc1ccc(C(=O)O)cc1)N1CC(c2cccc(Cl)c2)OC1=O. The normalized spacial score (nSPS) is 18.1. The molecular formula is C19H18ClNO4. The van der Waals surface area contributed by atoms with Crippen LogP contribution in [0.5, 0.6) is 0 Å². The molecule has 0 saturated carbocycles. The first kappa shape index (κ1) is 17.3. The number of ether oxygens (including phenoxy) is 1. The zero-order valence-electron chi connectivity index (χ0n) is 13.7. The number of cyclic esters (lactones) is 1. The molecule has 1 aliphatic heterocycles. The third-order valence-corrected chi connectivity index (χ3v) is 4.56. The predicted molar refractivity (Wildman–Crippen MR) is 93.9 cm³/mol. The molecule has 0 aromatic heterocycles. The van der Waals surface area contributed by atoms with Crippen molar-refractivity contribution in [1.29, 1.82) is 0 Å². The van der Waals surface area contributed by atoms with Gasteiger partial charge in [0.15, 0.2) is 0 Å². The first-order chi connectivity index (χ1) is 11.9. The van der Waals surface area contributed by atoms with Crippen molar-refractivity contribution in [3.63, 3.8) is 0 Å². The van der Waals surface area contributed by atoms with Crippen LogP contribution in [0.3, 0.4) is 0 Å². The van der Waals surface area contributed by atoms with Gasteiger partial charge < -0.3 is 14.7 Å². The Labute approximate surface area is 150 Å². The lowest BCUT2D eigenvalue weighted by molar-refractivity contribution is 0.0696. The van der Waals surface area contributed by atoms with Gasteiger partial charge in [0.05, 0.1) is 12.1 Å². The highest BCUT2D eigenvalue weighted by molar-refractivity contribution is 6.30.